The summed E-state index contributed by atoms with van der Waals surface area (Å²) in [6, 6.07) is 9.75. The molecule has 0 atom stereocenters. The van der Waals surface area contributed by atoms with Gasteiger partial charge in [-0.1, -0.05) is 13.0 Å². The van der Waals surface area contributed by atoms with Crippen molar-refractivity contribution in [2.75, 3.05) is 18.4 Å². The van der Waals surface area contributed by atoms with Gasteiger partial charge in [0.05, 0.1) is 11.6 Å². The Balaban J connectivity index is 1.81. The van der Waals surface area contributed by atoms with Crippen molar-refractivity contribution in [2.45, 2.75) is 32.2 Å². The molecule has 2 rings (SSSR count). The first kappa shape index (κ1) is 13.6. The molecule has 0 unspecified atom stereocenters. The number of rotatable bonds is 6. The third-order valence-electron chi connectivity index (χ3n) is 3.37. The van der Waals surface area contributed by atoms with E-state index in [1.54, 1.807) is 24.3 Å². The molecule has 0 bridgehead atoms. The smallest absolute Gasteiger partial charge is 0.225 e. The highest BCUT2D eigenvalue weighted by molar-refractivity contribution is 5.90. The molecule has 1 aromatic carbocycles. The monoisotopic (exact) mass is 257 g/mol. The van der Waals surface area contributed by atoms with Gasteiger partial charge in [-0.3, -0.25) is 4.79 Å². The maximum atomic E-state index is 11.9. The molecule has 0 aliphatic heterocycles. The van der Waals surface area contributed by atoms with Crippen LogP contribution in [-0.4, -0.2) is 29.9 Å². The summed E-state index contributed by atoms with van der Waals surface area (Å²) in [5, 5.41) is 11.6. The Bertz CT molecular complexity index is 488. The minimum atomic E-state index is 0.00851. The Morgan fingerprint density at radius 3 is 2.95 bits per heavy atom. The second-order valence-electron chi connectivity index (χ2n) is 4.85. The van der Waals surface area contributed by atoms with E-state index < -0.39 is 0 Å². The molecule has 100 valence electrons. The van der Waals surface area contributed by atoms with Gasteiger partial charge in [0, 0.05) is 24.7 Å². The van der Waals surface area contributed by atoms with Crippen molar-refractivity contribution in [3.63, 3.8) is 0 Å². The number of nitrogens with zero attached hydrogens (tertiary/aromatic N) is 2. The highest BCUT2D eigenvalue weighted by Crippen LogP contribution is 2.26. The summed E-state index contributed by atoms with van der Waals surface area (Å²) >= 11 is 0. The lowest BCUT2D eigenvalue weighted by Crippen LogP contribution is -2.29. The Morgan fingerprint density at radius 1 is 1.53 bits per heavy atom. The van der Waals surface area contributed by atoms with Crippen LogP contribution in [0.4, 0.5) is 5.69 Å². The van der Waals surface area contributed by atoms with Crippen molar-refractivity contribution in [3.8, 4) is 6.07 Å². The maximum Gasteiger partial charge on any atom is 0.225 e. The Labute approximate surface area is 114 Å². The summed E-state index contributed by atoms with van der Waals surface area (Å²) in [4.78, 5) is 14.2. The Morgan fingerprint density at radius 2 is 2.32 bits per heavy atom. The first-order valence-corrected chi connectivity index (χ1v) is 6.77. The fourth-order valence-corrected chi connectivity index (χ4v) is 2.17. The zero-order valence-electron chi connectivity index (χ0n) is 11.2. The molecule has 1 amide bonds. The molecule has 1 aliphatic carbocycles. The van der Waals surface area contributed by atoms with E-state index in [1.165, 1.54) is 12.8 Å². The fourth-order valence-electron chi connectivity index (χ4n) is 2.17. The van der Waals surface area contributed by atoms with Crippen LogP contribution in [-0.2, 0) is 4.79 Å². The number of amides is 1. The van der Waals surface area contributed by atoms with Crippen molar-refractivity contribution in [2.24, 2.45) is 0 Å². The highest BCUT2D eigenvalue weighted by Gasteiger charge is 2.27. The van der Waals surface area contributed by atoms with Crippen molar-refractivity contribution >= 4 is 11.6 Å². The first-order chi connectivity index (χ1) is 9.22. The predicted molar refractivity (Wildman–Crippen MR) is 74.7 cm³/mol. The minimum absolute atomic E-state index is 0.00851. The number of nitrogens with one attached hydrogen (secondary N) is 1. The van der Waals surface area contributed by atoms with Gasteiger partial charge in [-0.25, -0.2) is 0 Å². The number of hydrogen-bond acceptors (Lipinski definition) is 3. The average Bonchev–Trinajstić information content (AvgIpc) is 3.24. The lowest BCUT2D eigenvalue weighted by atomic mass is 10.2. The molecule has 4 heteroatoms. The van der Waals surface area contributed by atoms with Crippen LogP contribution in [0, 0.1) is 11.3 Å². The van der Waals surface area contributed by atoms with Gasteiger partial charge in [-0.05, 0) is 37.6 Å². The first-order valence-electron chi connectivity index (χ1n) is 6.77. The molecule has 0 radical (unpaired) electrons. The van der Waals surface area contributed by atoms with E-state index in [0.29, 0.717) is 23.7 Å². The van der Waals surface area contributed by atoms with Crippen LogP contribution in [0.15, 0.2) is 24.3 Å². The van der Waals surface area contributed by atoms with Gasteiger partial charge in [0.1, 0.15) is 0 Å². The molecule has 1 fully saturated rings. The van der Waals surface area contributed by atoms with Crippen LogP contribution < -0.4 is 5.32 Å². The Kier molecular flexibility index (Phi) is 4.53. The quantitative estimate of drug-likeness (QED) is 0.851. The van der Waals surface area contributed by atoms with Crippen LogP contribution in [0.5, 0.6) is 0 Å². The number of carbonyl (C=O) groups is 1. The molecule has 4 nitrogen and oxygen atoms in total. The normalized spacial score (nSPS) is 14.2. The topological polar surface area (TPSA) is 56.1 Å². The molecule has 1 aromatic rings. The van der Waals surface area contributed by atoms with Crippen molar-refractivity contribution in [1.29, 1.82) is 5.26 Å². The molecule has 1 N–H and O–H groups in total. The van der Waals surface area contributed by atoms with Crippen molar-refractivity contribution in [3.05, 3.63) is 29.8 Å². The van der Waals surface area contributed by atoms with E-state index in [2.05, 4.69) is 23.2 Å². The van der Waals surface area contributed by atoms with Crippen LogP contribution in [0.1, 0.15) is 31.7 Å². The van der Waals surface area contributed by atoms with Gasteiger partial charge in [-0.2, -0.15) is 5.26 Å². The molecule has 1 aliphatic rings. The third kappa shape index (κ3) is 4.08. The standard InChI is InChI=1S/C15H19N3O/c1-2-18(14-6-7-14)9-8-15(19)17-13-5-3-4-12(10-13)11-16/h3-5,10,14H,2,6-9H2,1H3,(H,17,19). The zero-order valence-corrected chi connectivity index (χ0v) is 11.2. The van der Waals surface area contributed by atoms with Gasteiger partial charge in [-0.15, -0.1) is 0 Å². The highest BCUT2D eigenvalue weighted by atomic mass is 16.1. The number of benzene rings is 1. The summed E-state index contributed by atoms with van der Waals surface area (Å²) in [7, 11) is 0. The van der Waals surface area contributed by atoms with Crippen LogP contribution in [0.25, 0.3) is 0 Å². The summed E-state index contributed by atoms with van der Waals surface area (Å²) in [5.41, 5.74) is 1.25. The SMILES string of the molecule is CCN(CCC(=O)Nc1cccc(C#N)c1)C1CC1. The van der Waals surface area contributed by atoms with Gasteiger partial charge in [0.2, 0.25) is 5.91 Å². The number of carbonyl (C=O) groups excluding carboxylic acids is 1. The van der Waals surface area contributed by atoms with Gasteiger partial charge in [0.15, 0.2) is 0 Å². The third-order valence-corrected chi connectivity index (χ3v) is 3.37. The summed E-state index contributed by atoms with van der Waals surface area (Å²) in [6.07, 6.45) is 3.03. The van der Waals surface area contributed by atoms with E-state index in [9.17, 15) is 4.79 Å². The van der Waals surface area contributed by atoms with Crippen LogP contribution >= 0.6 is 0 Å². The minimum Gasteiger partial charge on any atom is -0.326 e. The predicted octanol–water partition coefficient (Wildman–Crippen LogP) is 2.37. The van der Waals surface area contributed by atoms with Gasteiger partial charge >= 0.3 is 0 Å². The zero-order chi connectivity index (χ0) is 13.7. The largest absolute Gasteiger partial charge is 0.326 e. The molecule has 0 heterocycles. The fraction of sp³-hybridized carbons (Fsp3) is 0.467. The van der Waals surface area contributed by atoms with E-state index in [0.717, 1.165) is 13.1 Å². The van der Waals surface area contributed by atoms with Gasteiger partial charge < -0.3 is 10.2 Å². The van der Waals surface area contributed by atoms with Gasteiger partial charge in [0.25, 0.3) is 0 Å². The molecular weight excluding hydrogens is 238 g/mol. The summed E-state index contributed by atoms with van der Waals surface area (Å²) in [6.45, 7) is 3.94. The molecule has 0 aromatic heterocycles. The summed E-state index contributed by atoms with van der Waals surface area (Å²) < 4.78 is 0. The van der Waals surface area contributed by atoms with Crippen LogP contribution in [0.2, 0.25) is 0 Å². The van der Waals surface area contributed by atoms with E-state index in [1.807, 2.05) is 0 Å². The summed E-state index contributed by atoms with van der Waals surface area (Å²) in [5.74, 6) is 0.00851. The van der Waals surface area contributed by atoms with E-state index in [4.69, 9.17) is 5.26 Å². The average molecular weight is 257 g/mol. The van der Waals surface area contributed by atoms with E-state index in [-0.39, 0.29) is 5.91 Å². The van der Waals surface area contributed by atoms with Crippen LogP contribution in [0.3, 0.4) is 0 Å². The number of nitriles is 1. The molecular formula is C15H19N3O. The molecule has 1 saturated carbocycles. The van der Waals surface area contributed by atoms with Crippen molar-refractivity contribution < 1.29 is 4.79 Å². The lowest BCUT2D eigenvalue weighted by Gasteiger charge is -2.19. The van der Waals surface area contributed by atoms with Crippen molar-refractivity contribution in [1.82, 2.24) is 4.90 Å². The number of anilines is 1. The Hall–Kier alpha value is -1.86. The lowest BCUT2D eigenvalue weighted by molar-refractivity contribution is -0.116. The molecule has 0 saturated heterocycles. The molecule has 0 spiro atoms. The maximum absolute atomic E-state index is 11.9. The number of hydrogen-bond donors (Lipinski definition) is 1. The second kappa shape index (κ2) is 6.35. The second-order valence-corrected chi connectivity index (χ2v) is 4.85. The van der Waals surface area contributed by atoms with E-state index >= 15 is 0 Å². The molecule has 19 heavy (non-hydrogen) atoms.